The van der Waals surface area contributed by atoms with Gasteiger partial charge in [-0.1, -0.05) is 41.4 Å². The number of ether oxygens (including phenoxy) is 1. The van der Waals surface area contributed by atoms with Crippen LogP contribution in [0, 0.1) is 0 Å². The highest BCUT2D eigenvalue weighted by Gasteiger charge is 2.40. The van der Waals surface area contributed by atoms with Gasteiger partial charge < -0.3 is 19.4 Å². The fourth-order valence-electron chi connectivity index (χ4n) is 5.67. The Bertz CT molecular complexity index is 1570. The number of hydrogen-bond acceptors (Lipinski definition) is 6. The van der Waals surface area contributed by atoms with Gasteiger partial charge in [0.25, 0.3) is 11.8 Å². The number of nitrogens with one attached hydrogen (secondary N) is 1. The summed E-state index contributed by atoms with van der Waals surface area (Å²) in [5, 5.41) is 3.50. The summed E-state index contributed by atoms with van der Waals surface area (Å²) >= 11 is 12.4. The van der Waals surface area contributed by atoms with Crippen molar-refractivity contribution in [2.45, 2.75) is 32.0 Å². The number of piperazine rings is 1. The van der Waals surface area contributed by atoms with Crippen LogP contribution in [-0.4, -0.2) is 65.6 Å². The SMILES string of the molecule is O=C1CCC(N2Cc3c(OCc4ccc(C(=O)N5CCN(c6ccc(Cl)cc6Cl)CC5)cc4)cccc3C2=O)C(=O)N1. The minimum Gasteiger partial charge on any atom is -0.489 e. The summed E-state index contributed by atoms with van der Waals surface area (Å²) in [6.07, 6.45) is 0.505. The highest BCUT2D eigenvalue weighted by atomic mass is 35.5. The Hall–Kier alpha value is -4.08. The number of fused-ring (bicyclic) bond motifs is 1. The number of nitrogens with zero attached hydrogens (tertiary/aromatic N) is 3. The van der Waals surface area contributed by atoms with E-state index in [1.165, 1.54) is 4.90 Å². The molecule has 1 unspecified atom stereocenters. The van der Waals surface area contributed by atoms with Crippen LogP contribution < -0.4 is 15.0 Å². The van der Waals surface area contributed by atoms with Gasteiger partial charge in [-0.05, 0) is 54.4 Å². The van der Waals surface area contributed by atoms with Crippen LogP contribution in [0.2, 0.25) is 10.0 Å². The number of piperidine rings is 1. The van der Waals surface area contributed by atoms with Crippen molar-refractivity contribution < 1.29 is 23.9 Å². The number of carbonyl (C=O) groups excluding carboxylic acids is 4. The normalized spacial score (nSPS) is 18.7. The molecule has 3 aromatic carbocycles. The molecule has 2 saturated heterocycles. The first-order chi connectivity index (χ1) is 20.3. The van der Waals surface area contributed by atoms with Crippen LogP contribution in [0.5, 0.6) is 5.75 Å². The summed E-state index contributed by atoms with van der Waals surface area (Å²) < 4.78 is 6.10. The van der Waals surface area contributed by atoms with Crippen molar-refractivity contribution in [3.63, 3.8) is 0 Å². The summed E-state index contributed by atoms with van der Waals surface area (Å²) in [5.74, 6) is -0.479. The van der Waals surface area contributed by atoms with Crippen molar-refractivity contribution in [3.8, 4) is 5.75 Å². The molecule has 11 heteroatoms. The average molecular weight is 607 g/mol. The molecule has 3 aromatic rings. The lowest BCUT2D eigenvalue weighted by Crippen LogP contribution is -2.52. The molecule has 0 saturated carbocycles. The molecule has 0 radical (unpaired) electrons. The van der Waals surface area contributed by atoms with Crippen molar-refractivity contribution in [1.29, 1.82) is 0 Å². The molecule has 4 amide bonds. The maximum absolute atomic E-state index is 13.2. The smallest absolute Gasteiger partial charge is 0.255 e. The van der Waals surface area contributed by atoms with E-state index in [0.29, 0.717) is 59.5 Å². The van der Waals surface area contributed by atoms with E-state index in [9.17, 15) is 19.2 Å². The lowest BCUT2D eigenvalue weighted by atomic mass is 10.0. The molecule has 3 aliphatic heterocycles. The number of anilines is 1. The third-order valence-electron chi connectivity index (χ3n) is 7.95. The van der Waals surface area contributed by atoms with Crippen molar-refractivity contribution in [2.75, 3.05) is 31.1 Å². The van der Waals surface area contributed by atoms with Gasteiger partial charge in [0.1, 0.15) is 18.4 Å². The highest BCUT2D eigenvalue weighted by Crippen LogP contribution is 2.34. The predicted octanol–water partition coefficient (Wildman–Crippen LogP) is 4.30. The third kappa shape index (κ3) is 5.54. The first kappa shape index (κ1) is 28.1. The molecule has 9 nitrogen and oxygen atoms in total. The van der Waals surface area contributed by atoms with E-state index in [4.69, 9.17) is 27.9 Å². The first-order valence-electron chi connectivity index (χ1n) is 13.8. The lowest BCUT2D eigenvalue weighted by molar-refractivity contribution is -0.136. The second kappa shape index (κ2) is 11.7. The largest absolute Gasteiger partial charge is 0.489 e. The Morgan fingerprint density at radius 2 is 1.71 bits per heavy atom. The number of amides is 4. The molecule has 1 atom stereocenters. The molecule has 0 aromatic heterocycles. The van der Waals surface area contributed by atoms with Crippen LogP contribution in [-0.2, 0) is 22.7 Å². The van der Waals surface area contributed by atoms with E-state index < -0.39 is 11.9 Å². The molecule has 0 bridgehead atoms. The van der Waals surface area contributed by atoms with Crippen LogP contribution >= 0.6 is 23.2 Å². The van der Waals surface area contributed by atoms with Crippen molar-refractivity contribution >= 4 is 52.5 Å². The van der Waals surface area contributed by atoms with E-state index in [2.05, 4.69) is 10.2 Å². The molecule has 3 aliphatic rings. The Morgan fingerprint density at radius 3 is 2.43 bits per heavy atom. The summed E-state index contributed by atoms with van der Waals surface area (Å²) in [6.45, 7) is 2.99. The Labute approximate surface area is 252 Å². The van der Waals surface area contributed by atoms with Gasteiger partial charge in [-0.2, -0.15) is 0 Å². The number of carbonyl (C=O) groups is 4. The predicted molar refractivity (Wildman–Crippen MR) is 158 cm³/mol. The van der Waals surface area contributed by atoms with E-state index in [-0.39, 0.29) is 37.3 Å². The van der Waals surface area contributed by atoms with Gasteiger partial charge in [0.2, 0.25) is 11.8 Å². The molecule has 0 aliphatic carbocycles. The Balaban J connectivity index is 1.05. The minimum atomic E-state index is -0.682. The Kier molecular flexibility index (Phi) is 7.79. The van der Waals surface area contributed by atoms with E-state index in [0.717, 1.165) is 16.8 Å². The summed E-state index contributed by atoms with van der Waals surface area (Å²) in [6, 6.07) is 17.4. The minimum absolute atomic E-state index is 0.0303. The van der Waals surface area contributed by atoms with Crippen molar-refractivity contribution in [2.24, 2.45) is 0 Å². The average Bonchev–Trinajstić information content (AvgIpc) is 3.32. The highest BCUT2D eigenvalue weighted by molar-refractivity contribution is 6.36. The van der Waals surface area contributed by atoms with Crippen LogP contribution in [0.1, 0.15) is 44.7 Å². The number of rotatable bonds is 6. The van der Waals surface area contributed by atoms with Crippen LogP contribution in [0.25, 0.3) is 0 Å². The Morgan fingerprint density at radius 1 is 0.952 bits per heavy atom. The zero-order chi connectivity index (χ0) is 29.4. The van der Waals surface area contributed by atoms with E-state index in [1.807, 2.05) is 29.2 Å². The molecular formula is C31H28Cl2N4O5. The fourth-order valence-corrected chi connectivity index (χ4v) is 6.20. The monoisotopic (exact) mass is 606 g/mol. The number of benzene rings is 3. The van der Waals surface area contributed by atoms with Crippen LogP contribution in [0.4, 0.5) is 5.69 Å². The summed E-state index contributed by atoms with van der Waals surface area (Å²) in [7, 11) is 0. The molecule has 0 spiro atoms. The van der Waals surface area contributed by atoms with Gasteiger partial charge in [0.05, 0.1) is 17.3 Å². The standard InChI is InChI=1S/C31H28Cl2N4O5/c32-21-8-9-25(24(33)16-21)35-12-14-36(15-13-35)30(40)20-6-4-19(5-7-20)18-42-27-3-1-2-22-23(27)17-37(31(22)41)26-10-11-28(38)34-29(26)39/h1-9,16,26H,10-15,17-18H2,(H,34,38,39). The van der Waals surface area contributed by atoms with Gasteiger partial charge in [0, 0.05) is 54.3 Å². The molecule has 6 rings (SSSR count). The second-order valence-electron chi connectivity index (χ2n) is 10.5. The fraction of sp³-hybridized carbons (Fsp3) is 0.290. The van der Waals surface area contributed by atoms with E-state index in [1.54, 1.807) is 36.4 Å². The van der Waals surface area contributed by atoms with Crippen LogP contribution in [0.3, 0.4) is 0 Å². The number of hydrogen-bond donors (Lipinski definition) is 1. The van der Waals surface area contributed by atoms with Gasteiger partial charge in [-0.25, -0.2) is 0 Å². The topological polar surface area (TPSA) is 99.3 Å². The third-order valence-corrected chi connectivity index (χ3v) is 8.49. The zero-order valence-corrected chi connectivity index (χ0v) is 24.2. The quantitative estimate of drug-likeness (QED) is 0.420. The lowest BCUT2D eigenvalue weighted by Gasteiger charge is -2.36. The molecule has 1 N–H and O–H groups in total. The van der Waals surface area contributed by atoms with Crippen molar-refractivity contribution in [3.05, 3.63) is 93.0 Å². The molecule has 2 fully saturated rings. The van der Waals surface area contributed by atoms with Gasteiger partial charge >= 0.3 is 0 Å². The molecular weight excluding hydrogens is 579 g/mol. The maximum atomic E-state index is 13.2. The number of imide groups is 1. The first-order valence-corrected chi connectivity index (χ1v) is 14.5. The van der Waals surface area contributed by atoms with E-state index >= 15 is 0 Å². The molecule has 216 valence electrons. The van der Waals surface area contributed by atoms with Crippen molar-refractivity contribution in [1.82, 2.24) is 15.1 Å². The molecule has 3 heterocycles. The van der Waals surface area contributed by atoms with Crippen LogP contribution in [0.15, 0.2) is 60.7 Å². The summed E-state index contributed by atoms with van der Waals surface area (Å²) in [4.78, 5) is 55.6. The number of halogens is 2. The zero-order valence-electron chi connectivity index (χ0n) is 22.6. The van der Waals surface area contributed by atoms with Gasteiger partial charge in [0.15, 0.2) is 0 Å². The van der Waals surface area contributed by atoms with Gasteiger partial charge in [-0.15, -0.1) is 0 Å². The van der Waals surface area contributed by atoms with Gasteiger partial charge in [-0.3, -0.25) is 24.5 Å². The maximum Gasteiger partial charge on any atom is 0.255 e. The summed E-state index contributed by atoms with van der Waals surface area (Å²) in [5.41, 5.74) is 3.60. The molecule has 42 heavy (non-hydrogen) atoms. The second-order valence-corrected chi connectivity index (χ2v) is 11.4.